The average Bonchev–Trinajstić information content (AvgIpc) is 2.91. The van der Waals surface area contributed by atoms with E-state index in [4.69, 9.17) is 16.3 Å². The molecule has 0 amide bonds. The molecule has 0 fully saturated rings. The molecular weight excluding hydrogens is 411 g/mol. The van der Waals surface area contributed by atoms with Gasteiger partial charge in [0.2, 0.25) is 0 Å². The molecular formula is C12H8ClIN3O2P. The lowest BCUT2D eigenvalue weighted by Gasteiger charge is -2.03. The van der Waals surface area contributed by atoms with E-state index in [0.29, 0.717) is 28.1 Å². The van der Waals surface area contributed by atoms with Gasteiger partial charge in [-0.05, 0) is 34.2 Å². The summed E-state index contributed by atoms with van der Waals surface area (Å²) in [6.07, 6.45) is 2.43. The summed E-state index contributed by atoms with van der Waals surface area (Å²) >= 11 is 8.42. The lowest BCUT2D eigenvalue weighted by Crippen LogP contribution is -2.00. The SMILES string of the molecule is COC(=O)c1ccc2c(c1)nc(Cl)c1nn(PI)cc12. The van der Waals surface area contributed by atoms with Crippen LogP contribution in [-0.2, 0) is 4.74 Å². The summed E-state index contributed by atoms with van der Waals surface area (Å²) in [5, 5.41) is 6.57. The minimum absolute atomic E-state index is 0.336. The number of nitrogens with zero attached hydrogens (tertiary/aromatic N) is 3. The van der Waals surface area contributed by atoms with Crippen molar-refractivity contribution in [1.82, 2.24) is 14.5 Å². The first-order valence-electron chi connectivity index (χ1n) is 5.57. The summed E-state index contributed by atoms with van der Waals surface area (Å²) in [4.78, 5) is 15.9. The number of carbonyl (C=O) groups is 1. The molecule has 8 heteroatoms. The van der Waals surface area contributed by atoms with Gasteiger partial charge in [-0.1, -0.05) is 17.7 Å². The molecule has 0 radical (unpaired) electrons. The van der Waals surface area contributed by atoms with Crippen molar-refractivity contribution in [3.63, 3.8) is 0 Å². The minimum Gasteiger partial charge on any atom is -0.465 e. The predicted octanol–water partition coefficient (Wildman–Crippen LogP) is 3.82. The van der Waals surface area contributed by atoms with E-state index in [2.05, 4.69) is 32.1 Å². The number of hydrogen-bond donors (Lipinski definition) is 0. The van der Waals surface area contributed by atoms with Crippen LogP contribution in [0, 0.1) is 0 Å². The molecule has 1 atom stereocenters. The predicted molar refractivity (Wildman–Crippen MR) is 89.1 cm³/mol. The van der Waals surface area contributed by atoms with Gasteiger partial charge < -0.3 is 4.74 Å². The largest absolute Gasteiger partial charge is 0.465 e. The molecule has 0 saturated heterocycles. The van der Waals surface area contributed by atoms with E-state index < -0.39 is 5.97 Å². The Balaban J connectivity index is 2.32. The van der Waals surface area contributed by atoms with Crippen molar-refractivity contribution in [3.05, 3.63) is 35.1 Å². The molecule has 0 aliphatic rings. The molecule has 0 aliphatic carbocycles. The molecule has 1 unspecified atom stereocenters. The van der Waals surface area contributed by atoms with E-state index in [0.717, 1.165) is 10.8 Å². The van der Waals surface area contributed by atoms with E-state index in [1.165, 1.54) is 7.11 Å². The summed E-state index contributed by atoms with van der Waals surface area (Å²) in [5.41, 5.74) is 1.78. The molecule has 5 nitrogen and oxygen atoms in total. The zero-order valence-electron chi connectivity index (χ0n) is 10.2. The Hall–Kier alpha value is -0.980. The van der Waals surface area contributed by atoms with Crippen molar-refractivity contribution in [2.45, 2.75) is 0 Å². The van der Waals surface area contributed by atoms with Crippen LogP contribution in [-0.4, -0.2) is 27.6 Å². The number of rotatable bonds is 2. The highest BCUT2D eigenvalue weighted by Gasteiger charge is 2.13. The van der Waals surface area contributed by atoms with Crippen molar-refractivity contribution in [1.29, 1.82) is 0 Å². The van der Waals surface area contributed by atoms with Gasteiger partial charge in [-0.15, -0.1) is 0 Å². The summed E-state index contributed by atoms with van der Waals surface area (Å²) in [6, 6.07) is 5.23. The van der Waals surface area contributed by atoms with Crippen LogP contribution in [0.15, 0.2) is 24.4 Å². The Bertz CT molecular complexity index is 836. The molecule has 20 heavy (non-hydrogen) atoms. The summed E-state index contributed by atoms with van der Waals surface area (Å²) in [7, 11) is 1.35. The second-order valence-electron chi connectivity index (χ2n) is 4.05. The number of halogens is 2. The van der Waals surface area contributed by atoms with Gasteiger partial charge in [0.25, 0.3) is 0 Å². The van der Waals surface area contributed by atoms with Crippen LogP contribution in [0.5, 0.6) is 0 Å². The maximum Gasteiger partial charge on any atom is 0.337 e. The first kappa shape index (κ1) is 14.0. The first-order chi connectivity index (χ1) is 9.63. The molecule has 3 aromatic rings. The van der Waals surface area contributed by atoms with E-state index in [9.17, 15) is 4.79 Å². The number of benzene rings is 1. The number of methoxy groups -OCH3 is 1. The van der Waals surface area contributed by atoms with Gasteiger partial charge in [0.05, 0.1) is 24.6 Å². The highest BCUT2D eigenvalue weighted by molar-refractivity contribution is 14.2. The fourth-order valence-electron chi connectivity index (χ4n) is 2.02. The fraction of sp³-hybridized carbons (Fsp3) is 0.0833. The second-order valence-corrected chi connectivity index (χ2v) is 6.48. The monoisotopic (exact) mass is 419 g/mol. The van der Waals surface area contributed by atoms with Gasteiger partial charge in [-0.3, -0.25) is 0 Å². The number of hydrogen-bond acceptors (Lipinski definition) is 4. The number of carbonyl (C=O) groups excluding carboxylic acids is 1. The molecule has 0 bridgehead atoms. The van der Waals surface area contributed by atoms with Crippen LogP contribution in [0.1, 0.15) is 10.4 Å². The van der Waals surface area contributed by atoms with Gasteiger partial charge in [-0.25, -0.2) is 14.2 Å². The van der Waals surface area contributed by atoms with Gasteiger partial charge >= 0.3 is 5.97 Å². The van der Waals surface area contributed by atoms with Crippen LogP contribution in [0.25, 0.3) is 21.8 Å². The Morgan fingerprint density at radius 1 is 1.45 bits per heavy atom. The maximum atomic E-state index is 11.6. The van der Waals surface area contributed by atoms with Crippen LogP contribution >= 0.6 is 40.0 Å². The zero-order chi connectivity index (χ0) is 14.3. The summed E-state index contributed by atoms with van der Waals surface area (Å²) in [5.74, 6) is -0.394. The van der Waals surface area contributed by atoms with Crippen molar-refractivity contribution >= 4 is 67.8 Å². The summed E-state index contributed by atoms with van der Waals surface area (Å²) < 4.78 is 6.53. The smallest absolute Gasteiger partial charge is 0.337 e. The Morgan fingerprint density at radius 2 is 2.25 bits per heavy atom. The zero-order valence-corrected chi connectivity index (χ0v) is 14.1. The molecule has 0 aliphatic heterocycles. The number of esters is 1. The van der Waals surface area contributed by atoms with Crippen LogP contribution < -0.4 is 0 Å². The van der Waals surface area contributed by atoms with Crippen molar-refractivity contribution in [3.8, 4) is 0 Å². The maximum absolute atomic E-state index is 11.6. The van der Waals surface area contributed by atoms with Gasteiger partial charge in [-0.2, -0.15) is 5.10 Å². The van der Waals surface area contributed by atoms with Gasteiger partial charge in [0.15, 0.2) is 5.15 Å². The Labute approximate surface area is 134 Å². The fourth-order valence-corrected chi connectivity index (χ4v) is 3.31. The quantitative estimate of drug-likeness (QED) is 0.274. The number of aromatic nitrogens is 3. The third kappa shape index (κ3) is 2.25. The lowest BCUT2D eigenvalue weighted by molar-refractivity contribution is 0.0601. The Kier molecular flexibility index (Phi) is 3.79. The van der Waals surface area contributed by atoms with Gasteiger partial charge in [0.1, 0.15) is 5.52 Å². The van der Waals surface area contributed by atoms with Crippen molar-refractivity contribution < 1.29 is 9.53 Å². The van der Waals surface area contributed by atoms with Crippen molar-refractivity contribution in [2.75, 3.05) is 7.11 Å². The van der Waals surface area contributed by atoms with E-state index in [1.54, 1.807) is 12.1 Å². The van der Waals surface area contributed by atoms with E-state index >= 15 is 0 Å². The molecule has 102 valence electrons. The van der Waals surface area contributed by atoms with Crippen LogP contribution in [0.2, 0.25) is 5.15 Å². The molecule has 0 N–H and O–H groups in total. The van der Waals surface area contributed by atoms with Gasteiger partial charge in [0, 0.05) is 17.0 Å². The third-order valence-corrected chi connectivity index (χ3v) is 5.07. The van der Waals surface area contributed by atoms with Crippen LogP contribution in [0.3, 0.4) is 0 Å². The summed E-state index contributed by atoms with van der Waals surface area (Å²) in [6.45, 7) is 0. The normalized spacial score (nSPS) is 11.8. The molecule has 0 spiro atoms. The number of pyridine rings is 1. The topological polar surface area (TPSA) is 57.0 Å². The Morgan fingerprint density at radius 3 is 2.95 bits per heavy atom. The average molecular weight is 420 g/mol. The molecule has 1 aromatic carbocycles. The lowest BCUT2D eigenvalue weighted by atomic mass is 10.1. The van der Waals surface area contributed by atoms with E-state index in [1.807, 2.05) is 16.7 Å². The second kappa shape index (κ2) is 5.42. The molecule has 2 heterocycles. The standard InChI is InChI=1S/C12H8ClIN3O2P/c1-19-12(18)6-2-3-7-8-5-17(20-14)16-10(8)11(13)15-9(7)4-6/h2-5,20H,1H3. The van der Waals surface area contributed by atoms with Crippen LogP contribution in [0.4, 0.5) is 0 Å². The first-order valence-corrected chi connectivity index (χ1v) is 10.0. The third-order valence-electron chi connectivity index (χ3n) is 2.92. The highest BCUT2D eigenvalue weighted by atomic mass is 127. The van der Waals surface area contributed by atoms with E-state index in [-0.39, 0.29) is 0 Å². The minimum atomic E-state index is -0.394. The number of ether oxygens (including phenoxy) is 1. The molecule has 2 aromatic heterocycles. The highest BCUT2D eigenvalue weighted by Crippen LogP contribution is 2.32. The van der Waals surface area contributed by atoms with Crippen molar-refractivity contribution in [2.24, 2.45) is 0 Å². The molecule has 3 rings (SSSR count). The number of fused-ring (bicyclic) bond motifs is 3. The molecule has 0 saturated carbocycles.